The lowest BCUT2D eigenvalue weighted by Gasteiger charge is -2.09. The number of anilines is 1. The van der Waals surface area contributed by atoms with Crippen molar-refractivity contribution in [3.8, 4) is 0 Å². The van der Waals surface area contributed by atoms with Crippen molar-refractivity contribution in [2.24, 2.45) is 0 Å². The van der Waals surface area contributed by atoms with Crippen LogP contribution in [0.1, 0.15) is 12.5 Å². The van der Waals surface area contributed by atoms with Gasteiger partial charge in [-0.15, -0.1) is 0 Å². The molecule has 2 aromatic rings. The van der Waals surface area contributed by atoms with E-state index < -0.39 is 14.9 Å². The minimum atomic E-state index is -4.06. The van der Waals surface area contributed by atoms with Crippen LogP contribution < -0.4 is 4.72 Å². The van der Waals surface area contributed by atoms with Crippen molar-refractivity contribution in [2.75, 3.05) is 4.72 Å². The average molecular weight is 331 g/mol. The number of aryl methyl sites for hydroxylation is 1. The Hall–Kier alpha value is -2.13. The summed E-state index contributed by atoms with van der Waals surface area (Å²) in [6, 6.07) is 3.21. The number of hydrogen-bond acceptors (Lipinski definition) is 5. The number of nitrogens with zero attached hydrogens (tertiary/aromatic N) is 2. The van der Waals surface area contributed by atoms with Crippen molar-refractivity contribution in [1.29, 1.82) is 0 Å². The van der Waals surface area contributed by atoms with E-state index in [2.05, 4.69) is 14.9 Å². The normalized spacial score (nSPS) is 11.3. The van der Waals surface area contributed by atoms with Crippen molar-refractivity contribution in [2.45, 2.75) is 18.2 Å². The lowest BCUT2D eigenvalue weighted by molar-refractivity contribution is -0.385. The first-order chi connectivity index (χ1) is 9.85. The van der Waals surface area contributed by atoms with Gasteiger partial charge >= 0.3 is 0 Å². The zero-order valence-corrected chi connectivity index (χ0v) is 12.4. The Bertz CT molecular complexity index is 787. The summed E-state index contributed by atoms with van der Waals surface area (Å²) < 4.78 is 26.9. The Morgan fingerprint density at radius 2 is 2.19 bits per heavy atom. The minimum Gasteiger partial charge on any atom is -0.263 e. The Labute approximate surface area is 125 Å². The van der Waals surface area contributed by atoms with Crippen molar-refractivity contribution in [3.63, 3.8) is 0 Å². The van der Waals surface area contributed by atoms with Crippen LogP contribution in [0.5, 0.6) is 0 Å². The number of benzene rings is 1. The molecule has 0 aliphatic heterocycles. The molecule has 1 aromatic heterocycles. The zero-order valence-electron chi connectivity index (χ0n) is 10.8. The molecule has 0 bridgehead atoms. The number of H-pyrrole nitrogens is 1. The molecule has 1 aromatic carbocycles. The summed E-state index contributed by atoms with van der Waals surface area (Å²) in [5.41, 5.74) is 0.306. The van der Waals surface area contributed by atoms with Crippen molar-refractivity contribution in [3.05, 3.63) is 45.1 Å². The molecule has 0 aliphatic carbocycles. The molecule has 0 saturated carbocycles. The van der Waals surface area contributed by atoms with Crippen LogP contribution in [0.15, 0.2) is 29.3 Å². The largest absolute Gasteiger partial charge is 0.270 e. The van der Waals surface area contributed by atoms with Crippen LogP contribution in [0, 0.1) is 10.1 Å². The number of sulfonamides is 1. The second kappa shape index (κ2) is 5.70. The summed E-state index contributed by atoms with van der Waals surface area (Å²) >= 11 is 5.83. The SMILES string of the molecule is CCc1cn[nH]c1NS(=O)(=O)c1cc([N+](=O)[O-])ccc1Cl. The first-order valence-electron chi connectivity index (χ1n) is 5.84. The molecule has 2 N–H and O–H groups in total. The van der Waals surface area contributed by atoms with E-state index in [-0.39, 0.29) is 21.4 Å². The first-order valence-corrected chi connectivity index (χ1v) is 7.70. The van der Waals surface area contributed by atoms with Gasteiger partial charge in [0.25, 0.3) is 15.7 Å². The molecule has 10 heteroatoms. The maximum atomic E-state index is 12.3. The van der Waals surface area contributed by atoms with Gasteiger partial charge in [-0.05, 0) is 12.5 Å². The predicted octanol–water partition coefficient (Wildman–Crippen LogP) is 2.33. The molecule has 8 nitrogen and oxygen atoms in total. The third-order valence-corrected chi connectivity index (χ3v) is 4.58. The summed E-state index contributed by atoms with van der Waals surface area (Å²) in [5, 5.41) is 16.9. The Morgan fingerprint density at radius 3 is 2.81 bits per heavy atom. The fourth-order valence-corrected chi connectivity index (χ4v) is 3.25. The molecule has 0 amide bonds. The second-order valence-corrected chi connectivity index (χ2v) is 6.16. The van der Waals surface area contributed by atoms with E-state index in [1.807, 2.05) is 6.92 Å². The Morgan fingerprint density at radius 1 is 1.48 bits per heavy atom. The monoisotopic (exact) mass is 330 g/mol. The summed E-state index contributed by atoms with van der Waals surface area (Å²) in [6.45, 7) is 1.84. The van der Waals surface area contributed by atoms with Crippen LogP contribution in [-0.4, -0.2) is 23.5 Å². The predicted molar refractivity (Wildman–Crippen MR) is 76.9 cm³/mol. The smallest absolute Gasteiger partial charge is 0.263 e. The first kappa shape index (κ1) is 15.3. The van der Waals surface area contributed by atoms with Gasteiger partial charge in [0.15, 0.2) is 0 Å². The highest BCUT2D eigenvalue weighted by Crippen LogP contribution is 2.28. The number of hydrogen-bond donors (Lipinski definition) is 2. The number of aromatic amines is 1. The number of nitro benzene ring substituents is 1. The summed E-state index contributed by atoms with van der Waals surface area (Å²) in [7, 11) is -4.06. The molecule has 2 rings (SSSR count). The standard InChI is InChI=1S/C11H11ClN4O4S/c1-2-7-6-13-14-11(7)15-21(19,20)10-5-8(16(17)18)3-4-9(10)12/h3-6H,2H2,1H3,(H2,13,14,15). The molecule has 0 unspecified atom stereocenters. The van der Waals surface area contributed by atoms with Gasteiger partial charge in [0, 0.05) is 17.7 Å². The van der Waals surface area contributed by atoms with Crippen molar-refractivity contribution in [1.82, 2.24) is 10.2 Å². The van der Waals surface area contributed by atoms with E-state index >= 15 is 0 Å². The van der Waals surface area contributed by atoms with Crippen LogP contribution in [0.3, 0.4) is 0 Å². The van der Waals surface area contributed by atoms with E-state index in [9.17, 15) is 18.5 Å². The summed E-state index contributed by atoms with van der Waals surface area (Å²) in [5.74, 6) is 0.208. The van der Waals surface area contributed by atoms with Gasteiger partial charge in [-0.3, -0.25) is 19.9 Å². The van der Waals surface area contributed by atoms with Gasteiger partial charge in [-0.2, -0.15) is 5.10 Å². The lowest BCUT2D eigenvalue weighted by Crippen LogP contribution is -2.15. The highest BCUT2D eigenvalue weighted by Gasteiger charge is 2.23. The fraction of sp³-hybridized carbons (Fsp3) is 0.182. The maximum Gasteiger partial charge on any atom is 0.270 e. The minimum absolute atomic E-state index is 0.106. The number of nitro groups is 1. The Kier molecular flexibility index (Phi) is 4.14. The average Bonchev–Trinajstić information content (AvgIpc) is 2.85. The molecule has 0 radical (unpaired) electrons. The molecule has 0 fully saturated rings. The lowest BCUT2D eigenvalue weighted by atomic mass is 10.3. The van der Waals surface area contributed by atoms with Crippen LogP contribution in [0.4, 0.5) is 11.5 Å². The quantitative estimate of drug-likeness (QED) is 0.644. The second-order valence-electron chi connectivity index (χ2n) is 4.10. The van der Waals surface area contributed by atoms with E-state index in [1.165, 1.54) is 12.3 Å². The molecule has 112 valence electrons. The maximum absolute atomic E-state index is 12.3. The van der Waals surface area contributed by atoms with Gasteiger partial charge in [0.05, 0.1) is 16.1 Å². The van der Waals surface area contributed by atoms with Crippen LogP contribution >= 0.6 is 11.6 Å². The molecule has 0 saturated heterocycles. The van der Waals surface area contributed by atoms with Crippen molar-refractivity contribution >= 4 is 33.1 Å². The van der Waals surface area contributed by atoms with E-state index in [4.69, 9.17) is 11.6 Å². The highest BCUT2D eigenvalue weighted by molar-refractivity contribution is 7.92. The molecule has 1 heterocycles. The molecule has 0 atom stereocenters. The Balaban J connectivity index is 2.44. The van der Waals surface area contributed by atoms with Crippen molar-refractivity contribution < 1.29 is 13.3 Å². The highest BCUT2D eigenvalue weighted by atomic mass is 35.5. The van der Waals surface area contributed by atoms with Gasteiger partial charge in [0.2, 0.25) is 0 Å². The summed E-state index contributed by atoms with van der Waals surface area (Å²) in [6.07, 6.45) is 2.06. The van der Waals surface area contributed by atoms with Gasteiger partial charge in [-0.25, -0.2) is 8.42 Å². The molecular formula is C11H11ClN4O4S. The molecule has 0 aliphatic rings. The van der Waals surface area contributed by atoms with E-state index in [1.54, 1.807) is 0 Å². The van der Waals surface area contributed by atoms with E-state index in [0.717, 1.165) is 12.1 Å². The topological polar surface area (TPSA) is 118 Å². The molecular weight excluding hydrogens is 320 g/mol. The fourth-order valence-electron chi connectivity index (χ4n) is 1.67. The van der Waals surface area contributed by atoms with Crippen LogP contribution in [0.25, 0.3) is 0 Å². The van der Waals surface area contributed by atoms with E-state index in [0.29, 0.717) is 12.0 Å². The van der Waals surface area contributed by atoms with Gasteiger partial charge < -0.3 is 0 Å². The number of nitrogens with one attached hydrogen (secondary N) is 2. The third-order valence-electron chi connectivity index (χ3n) is 2.75. The number of non-ortho nitro benzene ring substituents is 1. The third kappa shape index (κ3) is 3.14. The zero-order chi connectivity index (χ0) is 15.6. The van der Waals surface area contributed by atoms with Crippen LogP contribution in [-0.2, 0) is 16.4 Å². The molecule has 0 spiro atoms. The van der Waals surface area contributed by atoms with Crippen LogP contribution in [0.2, 0.25) is 5.02 Å². The molecule has 21 heavy (non-hydrogen) atoms. The van der Waals surface area contributed by atoms with Gasteiger partial charge in [-0.1, -0.05) is 18.5 Å². The van der Waals surface area contributed by atoms with Gasteiger partial charge in [0.1, 0.15) is 10.7 Å². The summed E-state index contributed by atoms with van der Waals surface area (Å²) in [4.78, 5) is 9.68. The number of halogens is 1. The number of aromatic nitrogens is 2. The number of rotatable bonds is 5.